The first kappa shape index (κ1) is 19.0. The summed E-state index contributed by atoms with van der Waals surface area (Å²) in [5, 5.41) is 16.7. The Labute approximate surface area is 158 Å². The van der Waals surface area contributed by atoms with Crippen LogP contribution in [0.1, 0.15) is 49.4 Å². The molecule has 0 aliphatic carbocycles. The second kappa shape index (κ2) is 8.26. The number of hydrogen-bond donors (Lipinski definition) is 0. The number of anilines is 1. The zero-order valence-corrected chi connectivity index (χ0v) is 15.7. The van der Waals surface area contributed by atoms with E-state index in [4.69, 9.17) is 5.26 Å². The van der Waals surface area contributed by atoms with Crippen molar-refractivity contribution < 1.29 is 9.18 Å². The third-order valence-corrected chi connectivity index (χ3v) is 5.02. The van der Waals surface area contributed by atoms with Crippen LogP contribution < -0.4 is 4.90 Å². The van der Waals surface area contributed by atoms with Crippen molar-refractivity contribution in [3.05, 3.63) is 53.0 Å². The lowest BCUT2D eigenvalue weighted by molar-refractivity contribution is -0.119. The summed E-state index contributed by atoms with van der Waals surface area (Å²) in [6.07, 6.45) is 1.46. The number of carbonyl (C=O) groups is 1. The van der Waals surface area contributed by atoms with Gasteiger partial charge in [0.1, 0.15) is 17.7 Å². The Kier molecular flexibility index (Phi) is 5.80. The minimum Gasteiger partial charge on any atom is -0.355 e. The maximum absolute atomic E-state index is 14.2. The third-order valence-electron chi connectivity index (χ3n) is 5.02. The number of halogens is 1. The van der Waals surface area contributed by atoms with Gasteiger partial charge in [-0.3, -0.25) is 4.79 Å². The molecule has 1 aliphatic rings. The van der Waals surface area contributed by atoms with Crippen LogP contribution in [0.2, 0.25) is 0 Å². The van der Waals surface area contributed by atoms with Gasteiger partial charge in [0.25, 0.3) is 0 Å². The standard InChI is InChI=1S/C21H23FN4O/c1-14(2)16-3-4-17(20(22)11-16)10-19(27)9-15-7-8-26(13-15)21-6-5-18(12-23)24-25-21/h3-6,11,14-15H,7-10,13H2,1-2H3. The van der Waals surface area contributed by atoms with E-state index in [0.29, 0.717) is 12.0 Å². The van der Waals surface area contributed by atoms with Crippen LogP contribution in [0.3, 0.4) is 0 Å². The van der Waals surface area contributed by atoms with E-state index < -0.39 is 0 Å². The average Bonchev–Trinajstić information content (AvgIpc) is 3.11. The maximum Gasteiger partial charge on any atom is 0.163 e. The molecule has 2 heterocycles. The highest BCUT2D eigenvalue weighted by molar-refractivity contribution is 5.81. The van der Waals surface area contributed by atoms with Crippen molar-refractivity contribution in [3.63, 3.8) is 0 Å². The molecule has 0 amide bonds. The molecule has 0 saturated carbocycles. The summed E-state index contributed by atoms with van der Waals surface area (Å²) in [4.78, 5) is 14.5. The third kappa shape index (κ3) is 4.68. The summed E-state index contributed by atoms with van der Waals surface area (Å²) in [7, 11) is 0. The number of ketones is 1. The van der Waals surface area contributed by atoms with Crippen LogP contribution in [-0.2, 0) is 11.2 Å². The van der Waals surface area contributed by atoms with Gasteiger partial charge in [-0.15, -0.1) is 10.2 Å². The van der Waals surface area contributed by atoms with Crippen LogP contribution in [0.4, 0.5) is 10.2 Å². The molecule has 0 spiro atoms. The molecular weight excluding hydrogens is 343 g/mol. The van der Waals surface area contributed by atoms with Crippen LogP contribution >= 0.6 is 0 Å². The average molecular weight is 366 g/mol. The Balaban J connectivity index is 1.55. The number of carbonyl (C=O) groups excluding carboxylic acids is 1. The largest absolute Gasteiger partial charge is 0.355 e. The molecule has 3 rings (SSSR count). The second-order valence-corrected chi connectivity index (χ2v) is 7.41. The zero-order chi connectivity index (χ0) is 19.4. The van der Waals surface area contributed by atoms with Gasteiger partial charge in [0.15, 0.2) is 11.5 Å². The van der Waals surface area contributed by atoms with E-state index in [2.05, 4.69) is 15.1 Å². The number of hydrogen-bond acceptors (Lipinski definition) is 5. The molecule has 1 atom stereocenters. The normalized spacial score (nSPS) is 16.6. The van der Waals surface area contributed by atoms with Crippen LogP contribution in [0.25, 0.3) is 0 Å². The topological polar surface area (TPSA) is 69.9 Å². The molecule has 5 nitrogen and oxygen atoms in total. The fourth-order valence-corrected chi connectivity index (χ4v) is 3.43. The summed E-state index contributed by atoms with van der Waals surface area (Å²) in [5.41, 5.74) is 1.70. The van der Waals surface area contributed by atoms with Gasteiger partial charge in [-0.2, -0.15) is 5.26 Å². The van der Waals surface area contributed by atoms with E-state index in [1.807, 2.05) is 26.0 Å². The lowest BCUT2D eigenvalue weighted by Gasteiger charge is -2.16. The molecule has 0 N–H and O–H groups in total. The number of nitrogens with zero attached hydrogens (tertiary/aromatic N) is 4. The number of nitriles is 1. The van der Waals surface area contributed by atoms with E-state index in [1.165, 1.54) is 6.07 Å². The maximum atomic E-state index is 14.2. The van der Waals surface area contributed by atoms with E-state index in [0.717, 1.165) is 30.9 Å². The molecule has 1 fully saturated rings. The van der Waals surface area contributed by atoms with Gasteiger partial charge >= 0.3 is 0 Å². The molecule has 27 heavy (non-hydrogen) atoms. The molecule has 1 saturated heterocycles. The predicted molar refractivity (Wildman–Crippen MR) is 101 cm³/mol. The first-order valence-corrected chi connectivity index (χ1v) is 9.25. The highest BCUT2D eigenvalue weighted by Gasteiger charge is 2.26. The summed E-state index contributed by atoms with van der Waals surface area (Å²) < 4.78 is 14.2. The van der Waals surface area contributed by atoms with Crippen LogP contribution in [0, 0.1) is 23.1 Å². The van der Waals surface area contributed by atoms with Crippen molar-refractivity contribution in [1.82, 2.24) is 10.2 Å². The van der Waals surface area contributed by atoms with Crippen molar-refractivity contribution >= 4 is 11.6 Å². The molecular formula is C21H23FN4O. The highest BCUT2D eigenvalue weighted by Crippen LogP contribution is 2.25. The molecule has 1 aliphatic heterocycles. The molecule has 0 bridgehead atoms. The van der Waals surface area contributed by atoms with Gasteiger partial charge in [0.05, 0.1) is 0 Å². The number of Topliss-reactive ketones (excluding diaryl/α,β-unsaturated/α-hetero) is 1. The summed E-state index contributed by atoms with van der Waals surface area (Å²) in [6, 6.07) is 10.5. The monoisotopic (exact) mass is 366 g/mol. The minimum absolute atomic E-state index is 0.0592. The predicted octanol–water partition coefficient (Wildman–Crippen LogP) is 3.64. The lowest BCUT2D eigenvalue weighted by Crippen LogP contribution is -2.22. The molecule has 1 aromatic heterocycles. The molecule has 2 aromatic rings. The Morgan fingerprint density at radius 1 is 1.33 bits per heavy atom. The van der Waals surface area contributed by atoms with Crippen LogP contribution in [0.15, 0.2) is 30.3 Å². The van der Waals surface area contributed by atoms with E-state index in [9.17, 15) is 9.18 Å². The van der Waals surface area contributed by atoms with E-state index in [1.54, 1.807) is 18.2 Å². The van der Waals surface area contributed by atoms with Crippen molar-refractivity contribution in [3.8, 4) is 6.07 Å². The molecule has 1 aromatic carbocycles. The van der Waals surface area contributed by atoms with Gasteiger partial charge in [-0.25, -0.2) is 4.39 Å². The van der Waals surface area contributed by atoms with Gasteiger partial charge in [0, 0.05) is 25.9 Å². The van der Waals surface area contributed by atoms with Crippen molar-refractivity contribution in [2.45, 2.75) is 39.0 Å². The number of rotatable bonds is 6. The van der Waals surface area contributed by atoms with E-state index in [-0.39, 0.29) is 35.6 Å². The summed E-state index contributed by atoms with van der Waals surface area (Å²) in [6.45, 7) is 5.56. The first-order valence-electron chi connectivity index (χ1n) is 9.25. The molecule has 0 radical (unpaired) electrons. The van der Waals surface area contributed by atoms with Gasteiger partial charge in [0.2, 0.25) is 0 Å². The highest BCUT2D eigenvalue weighted by atomic mass is 19.1. The van der Waals surface area contributed by atoms with Crippen molar-refractivity contribution in [2.75, 3.05) is 18.0 Å². The smallest absolute Gasteiger partial charge is 0.163 e. The first-order chi connectivity index (χ1) is 13.0. The van der Waals surface area contributed by atoms with Crippen molar-refractivity contribution in [1.29, 1.82) is 5.26 Å². The fraction of sp³-hybridized carbons (Fsp3) is 0.429. The van der Waals surface area contributed by atoms with Gasteiger partial charge in [-0.1, -0.05) is 26.0 Å². The van der Waals surface area contributed by atoms with Crippen LogP contribution in [0.5, 0.6) is 0 Å². The lowest BCUT2D eigenvalue weighted by atomic mass is 9.95. The Hall–Kier alpha value is -2.81. The van der Waals surface area contributed by atoms with Crippen LogP contribution in [-0.4, -0.2) is 29.1 Å². The van der Waals surface area contributed by atoms with E-state index >= 15 is 0 Å². The minimum atomic E-state index is -0.296. The molecule has 6 heteroatoms. The Bertz CT molecular complexity index is 857. The number of aromatic nitrogens is 2. The summed E-state index contributed by atoms with van der Waals surface area (Å²) >= 11 is 0. The quantitative estimate of drug-likeness (QED) is 0.781. The van der Waals surface area contributed by atoms with Crippen molar-refractivity contribution in [2.24, 2.45) is 5.92 Å². The zero-order valence-electron chi connectivity index (χ0n) is 15.7. The second-order valence-electron chi connectivity index (χ2n) is 7.41. The fourth-order valence-electron chi connectivity index (χ4n) is 3.43. The Morgan fingerprint density at radius 3 is 2.78 bits per heavy atom. The van der Waals surface area contributed by atoms with Gasteiger partial charge < -0.3 is 4.90 Å². The SMILES string of the molecule is CC(C)c1ccc(CC(=O)CC2CCN(c3ccc(C#N)nn3)C2)c(F)c1. The van der Waals surface area contributed by atoms with Gasteiger partial charge in [-0.05, 0) is 47.6 Å². The molecule has 140 valence electrons. The number of benzene rings is 1. The summed E-state index contributed by atoms with van der Waals surface area (Å²) in [5.74, 6) is 0.977. The molecule has 1 unspecified atom stereocenters. The Morgan fingerprint density at radius 2 is 2.15 bits per heavy atom.